The van der Waals surface area contributed by atoms with E-state index in [1.165, 1.54) is 0 Å². The van der Waals surface area contributed by atoms with Crippen LogP contribution < -0.4 is 10.1 Å². The van der Waals surface area contributed by atoms with Gasteiger partial charge < -0.3 is 10.1 Å². The van der Waals surface area contributed by atoms with E-state index in [4.69, 9.17) is 4.74 Å². The first-order valence-corrected chi connectivity index (χ1v) is 9.04. The molecular formula is C20H25N5O2. The van der Waals surface area contributed by atoms with Gasteiger partial charge >= 0.3 is 0 Å². The summed E-state index contributed by atoms with van der Waals surface area (Å²) in [6, 6.07) is 9.77. The third-order valence-corrected chi connectivity index (χ3v) is 4.46. The largest absolute Gasteiger partial charge is 0.463 e. The molecule has 142 valence electrons. The standard InChI is InChI=1S/C20H25N5O2/c1-6-24-15(4)18(14(3)22-24)21-19(26)16(5)27-20-13(2)12-25(23-20)17-10-8-7-9-11-17/h7-12,16H,6H2,1-5H3,(H,21,26). The van der Waals surface area contributed by atoms with E-state index in [1.54, 1.807) is 11.6 Å². The number of aryl methyl sites for hydroxylation is 3. The lowest BCUT2D eigenvalue weighted by Gasteiger charge is -2.14. The maximum absolute atomic E-state index is 12.6. The van der Waals surface area contributed by atoms with Gasteiger partial charge in [-0.2, -0.15) is 5.10 Å². The molecule has 0 fully saturated rings. The van der Waals surface area contributed by atoms with Crippen molar-refractivity contribution in [3.8, 4) is 11.6 Å². The Kier molecular flexibility index (Phi) is 5.30. The Morgan fingerprint density at radius 1 is 1.19 bits per heavy atom. The van der Waals surface area contributed by atoms with E-state index in [0.717, 1.165) is 34.9 Å². The first-order valence-electron chi connectivity index (χ1n) is 9.04. The average molecular weight is 367 g/mol. The van der Waals surface area contributed by atoms with Crippen LogP contribution in [0, 0.1) is 20.8 Å². The predicted octanol–water partition coefficient (Wildman–Crippen LogP) is 3.42. The minimum absolute atomic E-state index is 0.231. The SMILES string of the molecule is CCn1nc(C)c(NC(=O)C(C)Oc2nn(-c3ccccc3)cc2C)c1C. The second-order valence-electron chi connectivity index (χ2n) is 6.51. The second-order valence-corrected chi connectivity index (χ2v) is 6.51. The number of ether oxygens (including phenoxy) is 1. The van der Waals surface area contributed by atoms with E-state index < -0.39 is 6.10 Å². The minimum Gasteiger partial charge on any atom is -0.463 e. The average Bonchev–Trinajstić information content (AvgIpc) is 3.16. The Hall–Kier alpha value is -3.09. The molecule has 0 aliphatic rings. The van der Waals surface area contributed by atoms with Crippen molar-refractivity contribution in [1.82, 2.24) is 19.6 Å². The molecule has 7 nitrogen and oxygen atoms in total. The summed E-state index contributed by atoms with van der Waals surface area (Å²) in [5.41, 5.74) is 4.26. The lowest BCUT2D eigenvalue weighted by Crippen LogP contribution is -2.30. The molecule has 0 radical (unpaired) electrons. The van der Waals surface area contributed by atoms with Gasteiger partial charge in [0.15, 0.2) is 6.10 Å². The first-order chi connectivity index (χ1) is 12.9. The van der Waals surface area contributed by atoms with Crippen LogP contribution in [-0.4, -0.2) is 31.6 Å². The second kappa shape index (κ2) is 7.65. The number of para-hydroxylation sites is 1. The molecule has 1 atom stereocenters. The molecule has 1 N–H and O–H groups in total. The van der Waals surface area contributed by atoms with Crippen LogP contribution in [0.25, 0.3) is 5.69 Å². The summed E-state index contributed by atoms with van der Waals surface area (Å²) in [5.74, 6) is 0.213. The maximum atomic E-state index is 12.6. The highest BCUT2D eigenvalue weighted by molar-refractivity contribution is 5.95. The van der Waals surface area contributed by atoms with Gasteiger partial charge in [0.2, 0.25) is 5.88 Å². The molecule has 0 bridgehead atoms. The number of aromatic nitrogens is 4. The zero-order valence-corrected chi connectivity index (χ0v) is 16.4. The van der Waals surface area contributed by atoms with Gasteiger partial charge in [-0.25, -0.2) is 4.68 Å². The number of anilines is 1. The number of benzene rings is 1. The molecule has 3 aromatic rings. The number of nitrogens with one attached hydrogen (secondary N) is 1. The van der Waals surface area contributed by atoms with Crippen molar-refractivity contribution >= 4 is 11.6 Å². The van der Waals surface area contributed by atoms with Gasteiger partial charge in [0, 0.05) is 18.3 Å². The number of nitrogens with zero attached hydrogens (tertiary/aromatic N) is 4. The van der Waals surface area contributed by atoms with Crippen molar-refractivity contribution in [3.63, 3.8) is 0 Å². The summed E-state index contributed by atoms with van der Waals surface area (Å²) in [4.78, 5) is 12.6. The Bertz CT molecular complexity index is 943. The number of hydrogen-bond donors (Lipinski definition) is 1. The molecule has 1 aromatic carbocycles. The van der Waals surface area contributed by atoms with Crippen LogP contribution in [0.3, 0.4) is 0 Å². The summed E-state index contributed by atoms with van der Waals surface area (Å²) in [5, 5.41) is 11.8. The normalized spacial score (nSPS) is 12.0. The summed E-state index contributed by atoms with van der Waals surface area (Å²) >= 11 is 0. The molecule has 1 amide bonds. The van der Waals surface area contributed by atoms with E-state index in [2.05, 4.69) is 15.5 Å². The molecule has 0 spiro atoms. The highest BCUT2D eigenvalue weighted by Crippen LogP contribution is 2.22. The van der Waals surface area contributed by atoms with Crippen LogP contribution in [0.1, 0.15) is 30.8 Å². The maximum Gasteiger partial charge on any atom is 0.265 e. The summed E-state index contributed by atoms with van der Waals surface area (Å²) in [6.45, 7) is 10.2. The van der Waals surface area contributed by atoms with Gasteiger partial charge in [0.25, 0.3) is 5.91 Å². The van der Waals surface area contributed by atoms with Crippen molar-refractivity contribution in [1.29, 1.82) is 0 Å². The predicted molar refractivity (Wildman–Crippen MR) is 104 cm³/mol. The number of hydrogen-bond acceptors (Lipinski definition) is 4. The minimum atomic E-state index is -0.688. The van der Waals surface area contributed by atoms with Gasteiger partial charge in [-0.3, -0.25) is 9.48 Å². The fourth-order valence-corrected chi connectivity index (χ4v) is 2.91. The van der Waals surface area contributed by atoms with Gasteiger partial charge in [0.1, 0.15) is 0 Å². The van der Waals surface area contributed by atoms with Crippen LogP contribution in [0.4, 0.5) is 5.69 Å². The van der Waals surface area contributed by atoms with E-state index in [-0.39, 0.29) is 5.91 Å². The quantitative estimate of drug-likeness (QED) is 0.724. The fraction of sp³-hybridized carbons (Fsp3) is 0.350. The Labute approximate surface area is 159 Å². The van der Waals surface area contributed by atoms with Crippen LogP contribution in [0.15, 0.2) is 36.5 Å². The number of amides is 1. The van der Waals surface area contributed by atoms with Gasteiger partial charge in [-0.1, -0.05) is 18.2 Å². The lowest BCUT2D eigenvalue weighted by molar-refractivity contribution is -0.122. The molecule has 7 heteroatoms. The summed E-state index contributed by atoms with van der Waals surface area (Å²) < 4.78 is 9.43. The molecule has 27 heavy (non-hydrogen) atoms. The van der Waals surface area contributed by atoms with Gasteiger partial charge in [0.05, 0.1) is 22.8 Å². The third kappa shape index (κ3) is 3.86. The van der Waals surface area contributed by atoms with Crippen molar-refractivity contribution < 1.29 is 9.53 Å². The van der Waals surface area contributed by atoms with Crippen LogP contribution in [0.2, 0.25) is 0 Å². The fourth-order valence-electron chi connectivity index (χ4n) is 2.91. The number of carbonyl (C=O) groups is 1. The van der Waals surface area contributed by atoms with E-state index in [9.17, 15) is 4.79 Å². The number of carbonyl (C=O) groups excluding carboxylic acids is 1. The zero-order valence-electron chi connectivity index (χ0n) is 16.4. The topological polar surface area (TPSA) is 74.0 Å². The molecule has 0 saturated heterocycles. The van der Waals surface area contributed by atoms with Crippen molar-refractivity contribution in [2.24, 2.45) is 0 Å². The highest BCUT2D eigenvalue weighted by atomic mass is 16.5. The zero-order chi connectivity index (χ0) is 19.6. The summed E-state index contributed by atoms with van der Waals surface area (Å²) in [6.07, 6.45) is 1.20. The monoisotopic (exact) mass is 367 g/mol. The van der Waals surface area contributed by atoms with Gasteiger partial charge in [-0.05, 0) is 46.8 Å². The molecule has 0 saturated carbocycles. The third-order valence-electron chi connectivity index (χ3n) is 4.46. The number of rotatable bonds is 6. The van der Waals surface area contributed by atoms with Crippen LogP contribution in [0.5, 0.6) is 5.88 Å². The molecule has 2 aromatic heterocycles. The Morgan fingerprint density at radius 3 is 2.52 bits per heavy atom. The molecular weight excluding hydrogens is 342 g/mol. The van der Waals surface area contributed by atoms with E-state index in [1.807, 2.05) is 68.9 Å². The molecule has 3 rings (SSSR count). The first kappa shape index (κ1) is 18.7. The Morgan fingerprint density at radius 2 is 1.89 bits per heavy atom. The van der Waals surface area contributed by atoms with E-state index in [0.29, 0.717) is 5.88 Å². The van der Waals surface area contributed by atoms with E-state index >= 15 is 0 Å². The van der Waals surface area contributed by atoms with Gasteiger partial charge in [-0.15, -0.1) is 5.10 Å². The molecule has 0 aliphatic carbocycles. The molecule has 1 unspecified atom stereocenters. The molecule has 0 aliphatic heterocycles. The summed E-state index contributed by atoms with van der Waals surface area (Å²) in [7, 11) is 0. The lowest BCUT2D eigenvalue weighted by atomic mass is 10.3. The smallest absolute Gasteiger partial charge is 0.265 e. The highest BCUT2D eigenvalue weighted by Gasteiger charge is 2.21. The van der Waals surface area contributed by atoms with Crippen LogP contribution in [-0.2, 0) is 11.3 Å². The van der Waals surface area contributed by atoms with Crippen molar-refractivity contribution in [2.75, 3.05) is 5.32 Å². The van der Waals surface area contributed by atoms with Crippen molar-refractivity contribution in [2.45, 2.75) is 47.3 Å². The van der Waals surface area contributed by atoms with Crippen molar-refractivity contribution in [3.05, 3.63) is 53.5 Å². The Balaban J connectivity index is 1.72. The van der Waals surface area contributed by atoms with Crippen LogP contribution >= 0.6 is 0 Å². The molecule has 2 heterocycles.